The van der Waals surface area contributed by atoms with Crippen LogP contribution in [0.4, 0.5) is 0 Å². The Bertz CT molecular complexity index is 296. The van der Waals surface area contributed by atoms with Crippen molar-refractivity contribution in [3.05, 3.63) is 75.9 Å². The minimum atomic E-state index is -1.73. The Labute approximate surface area is 133 Å². The van der Waals surface area contributed by atoms with E-state index in [1.807, 2.05) is 36.5 Å². The maximum Gasteiger partial charge on any atom is 0.130 e. The molecule has 1 N–H and O–H groups in total. The Balaban J connectivity index is 5.60. The minimum Gasteiger partial charge on any atom is -0.358 e. The molecule has 3 heteroatoms. The molecule has 0 unspecified atom stereocenters. The van der Waals surface area contributed by atoms with Crippen LogP contribution < -0.4 is 4.65 Å². The number of allylic oxidation sites excluding steroid dienone is 6. The van der Waals surface area contributed by atoms with Gasteiger partial charge in [-0.15, -0.1) is 39.5 Å². The molecule has 21 heavy (non-hydrogen) atoms. The highest BCUT2D eigenvalue weighted by Crippen LogP contribution is 2.28. The highest BCUT2D eigenvalue weighted by Gasteiger charge is 2.39. The minimum absolute atomic E-state index is 1.03. The van der Waals surface area contributed by atoms with Crippen molar-refractivity contribution in [2.24, 2.45) is 0 Å². The molecule has 0 saturated heterocycles. The van der Waals surface area contributed by atoms with Gasteiger partial charge in [0.15, 0.2) is 0 Å². The predicted octanol–water partition coefficient (Wildman–Crippen LogP) is 5.58. The molecule has 0 aliphatic rings. The standard InChI is InChI=1S/C18H31NSi2/c1-7-13-20(14-8-2,15-9-3)19-21(16-10-4,17-11-5)18-12-6/h7-12,19H,1-6,13-18H2. The van der Waals surface area contributed by atoms with Crippen LogP contribution in [-0.4, -0.2) is 16.5 Å². The van der Waals surface area contributed by atoms with E-state index in [0.29, 0.717) is 0 Å². The quantitative estimate of drug-likeness (QED) is 0.325. The Morgan fingerprint density at radius 3 is 0.810 bits per heavy atom. The summed E-state index contributed by atoms with van der Waals surface area (Å²) in [4.78, 5) is 0. The second kappa shape index (κ2) is 10.5. The molecule has 0 aliphatic heterocycles. The van der Waals surface area contributed by atoms with Gasteiger partial charge in [0.2, 0.25) is 0 Å². The molecule has 0 atom stereocenters. The second-order valence-corrected chi connectivity index (χ2v) is 14.2. The van der Waals surface area contributed by atoms with Crippen LogP contribution in [0.15, 0.2) is 75.9 Å². The number of hydrogen-bond donors (Lipinski definition) is 1. The van der Waals surface area contributed by atoms with Crippen molar-refractivity contribution in [1.29, 1.82) is 0 Å². The molecule has 1 nitrogen and oxygen atoms in total. The molecule has 116 valence electrons. The SMILES string of the molecule is C=CC[Si](CC=C)(CC=C)N[Si](CC=C)(CC=C)CC=C. The van der Waals surface area contributed by atoms with Crippen LogP contribution in [-0.2, 0) is 0 Å². The fourth-order valence-corrected chi connectivity index (χ4v) is 14.3. The van der Waals surface area contributed by atoms with E-state index in [0.717, 1.165) is 36.3 Å². The molecule has 0 rings (SSSR count). The van der Waals surface area contributed by atoms with E-state index in [1.165, 1.54) is 0 Å². The lowest BCUT2D eigenvalue weighted by Gasteiger charge is -2.41. The van der Waals surface area contributed by atoms with Crippen LogP contribution in [0.5, 0.6) is 0 Å². The maximum atomic E-state index is 4.14. The summed E-state index contributed by atoms with van der Waals surface area (Å²) in [5.74, 6) is 0. The summed E-state index contributed by atoms with van der Waals surface area (Å²) in [5, 5.41) is 0. The van der Waals surface area contributed by atoms with Crippen molar-refractivity contribution >= 4 is 16.5 Å². The van der Waals surface area contributed by atoms with Gasteiger partial charge in [0.1, 0.15) is 16.5 Å². The van der Waals surface area contributed by atoms with Crippen LogP contribution in [0, 0.1) is 0 Å². The summed E-state index contributed by atoms with van der Waals surface area (Å²) >= 11 is 0. The molecule has 0 aromatic carbocycles. The van der Waals surface area contributed by atoms with Crippen molar-refractivity contribution in [2.75, 3.05) is 0 Å². The average Bonchev–Trinajstić information content (AvgIpc) is 2.40. The molecular weight excluding hydrogens is 286 g/mol. The molecule has 0 bridgehead atoms. The first-order chi connectivity index (χ1) is 10.1. The summed E-state index contributed by atoms with van der Waals surface area (Å²) in [7, 11) is -3.46. The molecule has 0 aromatic heterocycles. The van der Waals surface area contributed by atoms with Crippen LogP contribution in [0.3, 0.4) is 0 Å². The van der Waals surface area contributed by atoms with Crippen LogP contribution in [0.25, 0.3) is 0 Å². The first kappa shape index (κ1) is 19.8. The van der Waals surface area contributed by atoms with Gasteiger partial charge in [-0.25, -0.2) is 0 Å². The van der Waals surface area contributed by atoms with Gasteiger partial charge in [0, 0.05) is 0 Å². The molecule has 0 spiro atoms. The summed E-state index contributed by atoms with van der Waals surface area (Å²) in [6.45, 7) is 23.8. The van der Waals surface area contributed by atoms with Gasteiger partial charge in [0.25, 0.3) is 0 Å². The van der Waals surface area contributed by atoms with Crippen molar-refractivity contribution in [1.82, 2.24) is 4.65 Å². The van der Waals surface area contributed by atoms with Crippen molar-refractivity contribution in [3.8, 4) is 0 Å². The first-order valence-corrected chi connectivity index (χ1v) is 12.8. The third-order valence-corrected chi connectivity index (χ3v) is 14.4. The Kier molecular flexibility index (Phi) is 9.96. The zero-order valence-electron chi connectivity index (χ0n) is 13.4. The molecule has 0 fully saturated rings. The lowest BCUT2D eigenvalue weighted by molar-refractivity contribution is 1.13. The first-order valence-electron chi connectivity index (χ1n) is 7.52. The molecule has 0 aromatic rings. The van der Waals surface area contributed by atoms with Crippen LogP contribution in [0.2, 0.25) is 36.3 Å². The van der Waals surface area contributed by atoms with Gasteiger partial charge in [-0.05, 0) is 36.3 Å². The van der Waals surface area contributed by atoms with E-state index in [9.17, 15) is 0 Å². The third-order valence-electron chi connectivity index (χ3n) is 3.74. The third kappa shape index (κ3) is 6.42. The number of rotatable bonds is 14. The van der Waals surface area contributed by atoms with Gasteiger partial charge in [-0.2, -0.15) is 0 Å². The molecule has 0 amide bonds. The maximum absolute atomic E-state index is 4.14. The highest BCUT2D eigenvalue weighted by molar-refractivity contribution is 6.94. The summed E-state index contributed by atoms with van der Waals surface area (Å²) in [6.07, 6.45) is 12.3. The fraction of sp³-hybridized carbons (Fsp3) is 0.333. The summed E-state index contributed by atoms with van der Waals surface area (Å²) in [6, 6.07) is 6.20. The summed E-state index contributed by atoms with van der Waals surface area (Å²) in [5.41, 5.74) is 0. The Morgan fingerprint density at radius 1 is 0.476 bits per heavy atom. The lowest BCUT2D eigenvalue weighted by Crippen LogP contribution is -2.63. The van der Waals surface area contributed by atoms with E-state index in [-0.39, 0.29) is 0 Å². The number of hydrogen-bond acceptors (Lipinski definition) is 1. The topological polar surface area (TPSA) is 12.0 Å². The van der Waals surface area contributed by atoms with Crippen molar-refractivity contribution in [2.45, 2.75) is 36.3 Å². The molecule has 0 aliphatic carbocycles. The number of nitrogens with one attached hydrogen (secondary N) is 1. The van der Waals surface area contributed by atoms with E-state index >= 15 is 0 Å². The van der Waals surface area contributed by atoms with Gasteiger partial charge < -0.3 is 4.65 Å². The Morgan fingerprint density at radius 2 is 0.667 bits per heavy atom. The largest absolute Gasteiger partial charge is 0.358 e. The molecule has 0 radical (unpaired) electrons. The molecular formula is C18H31NSi2. The second-order valence-electron chi connectivity index (χ2n) is 5.64. The van der Waals surface area contributed by atoms with Crippen molar-refractivity contribution < 1.29 is 0 Å². The lowest BCUT2D eigenvalue weighted by atomic mass is 10.7. The van der Waals surface area contributed by atoms with E-state index in [2.05, 4.69) is 44.1 Å². The van der Waals surface area contributed by atoms with Crippen LogP contribution >= 0.6 is 0 Å². The van der Waals surface area contributed by atoms with Crippen molar-refractivity contribution in [3.63, 3.8) is 0 Å². The normalized spacial score (nSPS) is 11.4. The van der Waals surface area contributed by atoms with Crippen LogP contribution in [0.1, 0.15) is 0 Å². The van der Waals surface area contributed by atoms with E-state index in [1.54, 1.807) is 0 Å². The monoisotopic (exact) mass is 317 g/mol. The zero-order chi connectivity index (χ0) is 16.2. The highest BCUT2D eigenvalue weighted by atomic mass is 28.4. The van der Waals surface area contributed by atoms with E-state index < -0.39 is 16.5 Å². The molecule has 0 heterocycles. The predicted molar refractivity (Wildman–Crippen MR) is 105 cm³/mol. The smallest absolute Gasteiger partial charge is 0.130 e. The molecule has 0 saturated carbocycles. The summed E-state index contributed by atoms with van der Waals surface area (Å²) < 4.78 is 4.14. The average molecular weight is 318 g/mol. The van der Waals surface area contributed by atoms with E-state index in [4.69, 9.17) is 0 Å². The Hall–Kier alpha value is -1.17. The van der Waals surface area contributed by atoms with Gasteiger partial charge in [0.05, 0.1) is 0 Å². The zero-order valence-corrected chi connectivity index (χ0v) is 15.4. The van der Waals surface area contributed by atoms with Gasteiger partial charge in [-0.3, -0.25) is 0 Å². The van der Waals surface area contributed by atoms with Gasteiger partial charge in [-0.1, -0.05) is 36.5 Å². The van der Waals surface area contributed by atoms with Gasteiger partial charge >= 0.3 is 0 Å². The fourth-order valence-electron chi connectivity index (χ4n) is 3.03.